The minimum absolute atomic E-state index is 0.0740. The van der Waals surface area contributed by atoms with Gasteiger partial charge in [0, 0.05) is 90.1 Å². The fourth-order valence-corrected chi connectivity index (χ4v) is 11.5. The van der Waals surface area contributed by atoms with Crippen molar-refractivity contribution in [3.8, 4) is 18.1 Å². The number of carbonyl (C=O) groups excluding carboxylic acids is 3. The molecule has 9 rings (SSSR count). The number of benzene rings is 2. The number of nitrogens with zero attached hydrogens (tertiary/aromatic N) is 6. The first-order valence-corrected chi connectivity index (χ1v) is 24.5. The molecule has 2 aromatic carbocycles. The molecule has 4 amide bonds. The summed E-state index contributed by atoms with van der Waals surface area (Å²) in [5, 5.41) is 27.3. The van der Waals surface area contributed by atoms with Gasteiger partial charge in [-0.2, -0.15) is 0 Å². The molecule has 16 heteroatoms. The monoisotopic (exact) mass is 938 g/mol. The Hall–Kier alpha value is -6.57. The molecule has 4 atom stereocenters. The second-order valence-electron chi connectivity index (χ2n) is 21.1. The van der Waals surface area contributed by atoms with Crippen molar-refractivity contribution in [3.63, 3.8) is 0 Å². The molecule has 5 aliphatic rings. The zero-order valence-corrected chi connectivity index (χ0v) is 40.2. The molecule has 3 saturated heterocycles. The first-order valence-electron chi connectivity index (χ1n) is 24.5. The van der Waals surface area contributed by atoms with E-state index < -0.39 is 23.5 Å². The number of terminal acetylenes is 1. The number of aromatic amines is 1. The maximum Gasteiger partial charge on any atom is 0.318 e. The number of phenols is 1. The van der Waals surface area contributed by atoms with Crippen molar-refractivity contribution in [2.45, 2.75) is 109 Å². The molecule has 1 saturated carbocycles. The van der Waals surface area contributed by atoms with Gasteiger partial charge in [-0.1, -0.05) is 51.0 Å². The molecule has 4 aromatic rings. The van der Waals surface area contributed by atoms with Crippen LogP contribution in [0.5, 0.6) is 5.75 Å². The molecular formula is C53H67N11O5. The van der Waals surface area contributed by atoms with Crippen LogP contribution in [0.3, 0.4) is 0 Å². The predicted molar refractivity (Wildman–Crippen MR) is 266 cm³/mol. The van der Waals surface area contributed by atoms with E-state index in [1.807, 2.05) is 80.2 Å². The zero-order chi connectivity index (χ0) is 48.8. The summed E-state index contributed by atoms with van der Waals surface area (Å²) >= 11 is 0. The summed E-state index contributed by atoms with van der Waals surface area (Å²) < 4.78 is 0. The molecule has 16 nitrogen and oxygen atoms in total. The lowest BCUT2D eigenvalue weighted by Gasteiger charge is -2.61. The van der Waals surface area contributed by atoms with Gasteiger partial charge in [0.15, 0.2) is 0 Å². The molecule has 69 heavy (non-hydrogen) atoms. The highest BCUT2D eigenvalue weighted by molar-refractivity contribution is 5.93. The topological polar surface area (TPSA) is 222 Å². The predicted octanol–water partition coefficient (Wildman–Crippen LogP) is 5.26. The van der Waals surface area contributed by atoms with Crippen LogP contribution in [0.1, 0.15) is 123 Å². The first kappa shape index (κ1) is 47.5. The number of hydrogen-bond acceptors (Lipinski definition) is 11. The minimum Gasteiger partial charge on any atom is -0.507 e. The number of aromatic hydroxyl groups is 1. The molecule has 2 aromatic heterocycles. The van der Waals surface area contributed by atoms with Crippen molar-refractivity contribution in [1.82, 2.24) is 40.3 Å². The fraction of sp³-hybridized carbons (Fsp3) is 0.491. The second kappa shape index (κ2) is 19.1. The van der Waals surface area contributed by atoms with Crippen LogP contribution in [0.2, 0.25) is 0 Å². The highest BCUT2D eigenvalue weighted by Crippen LogP contribution is 2.51. The number of H-pyrrole nitrogens is 1. The van der Waals surface area contributed by atoms with Crippen molar-refractivity contribution in [2.24, 2.45) is 16.6 Å². The average Bonchev–Trinajstić information content (AvgIpc) is 3.94. The van der Waals surface area contributed by atoms with Gasteiger partial charge in [-0.25, -0.2) is 14.8 Å². The number of anilines is 2. The van der Waals surface area contributed by atoms with Crippen molar-refractivity contribution in [2.75, 3.05) is 56.5 Å². The lowest BCUT2D eigenvalue weighted by Crippen LogP contribution is -2.70. The number of hydrogen-bond donors (Lipinski definition) is 7. The first-order chi connectivity index (χ1) is 33.1. The molecule has 6 heterocycles. The number of rotatable bonds is 11. The number of amides is 4. The lowest BCUT2D eigenvalue weighted by atomic mass is 9.60. The number of nitrogens with one attached hydrogen (secondary N) is 3. The van der Waals surface area contributed by atoms with Gasteiger partial charge in [0.25, 0.3) is 0 Å². The van der Waals surface area contributed by atoms with E-state index in [2.05, 4.69) is 26.4 Å². The third-order valence-electron chi connectivity index (χ3n) is 15.5. The number of phenolic OH excluding ortho intramolecular Hbond substituents is 1. The van der Waals surface area contributed by atoms with Gasteiger partial charge >= 0.3 is 6.03 Å². The highest BCUT2D eigenvalue weighted by Gasteiger charge is 2.56. The number of fused-ring (bicyclic) bond motifs is 1. The third-order valence-corrected chi connectivity index (χ3v) is 15.5. The normalized spacial score (nSPS) is 21.7. The lowest BCUT2D eigenvalue weighted by molar-refractivity contribution is -0.142. The zero-order valence-electron chi connectivity index (χ0n) is 40.2. The van der Waals surface area contributed by atoms with Gasteiger partial charge in [-0.15, -0.1) is 6.42 Å². The molecule has 1 spiro atoms. The van der Waals surface area contributed by atoms with E-state index >= 15 is 0 Å². The number of carbonyl (C=O) groups is 3. The molecule has 1 aliphatic carbocycles. The number of likely N-dealkylation sites (tertiary alicyclic amines) is 3. The van der Waals surface area contributed by atoms with Gasteiger partial charge in [0.05, 0.1) is 18.7 Å². The van der Waals surface area contributed by atoms with Gasteiger partial charge in [-0.05, 0) is 111 Å². The largest absolute Gasteiger partial charge is 0.507 e. The van der Waals surface area contributed by atoms with E-state index in [9.17, 15) is 24.6 Å². The number of aromatic nitrogens is 3. The number of urea groups is 1. The van der Waals surface area contributed by atoms with Crippen LogP contribution in [0.4, 0.5) is 16.6 Å². The number of aliphatic hydroxyl groups excluding tert-OH is 1. The summed E-state index contributed by atoms with van der Waals surface area (Å²) in [4.78, 5) is 62.6. The molecule has 364 valence electrons. The van der Waals surface area contributed by atoms with Crippen LogP contribution < -0.4 is 27.0 Å². The summed E-state index contributed by atoms with van der Waals surface area (Å²) in [5.41, 5.74) is 18.6. The van der Waals surface area contributed by atoms with Crippen molar-refractivity contribution >= 4 is 41.4 Å². The minimum atomic E-state index is -0.783. The van der Waals surface area contributed by atoms with Crippen molar-refractivity contribution < 1.29 is 24.6 Å². The Kier molecular flexibility index (Phi) is 13.1. The molecule has 4 aliphatic heterocycles. The molecule has 0 radical (unpaired) electrons. The highest BCUT2D eigenvalue weighted by atomic mass is 16.3. The fourth-order valence-electron chi connectivity index (χ4n) is 11.5. The van der Waals surface area contributed by atoms with Crippen molar-refractivity contribution in [3.05, 3.63) is 100.0 Å². The number of para-hydroxylation sites is 1. The smallest absolute Gasteiger partial charge is 0.318 e. The number of aliphatic hydroxyl groups is 1. The number of nitrogen functional groups attached to an aromatic ring is 1. The summed E-state index contributed by atoms with van der Waals surface area (Å²) in [6.45, 7) is 12.0. The maximum atomic E-state index is 14.2. The van der Waals surface area contributed by atoms with E-state index in [1.165, 1.54) is 0 Å². The summed E-state index contributed by atoms with van der Waals surface area (Å²) in [6, 6.07) is 12.6. The Morgan fingerprint density at radius 3 is 2.35 bits per heavy atom. The Bertz CT molecular complexity index is 2610. The van der Waals surface area contributed by atoms with E-state index in [0.717, 1.165) is 73.1 Å². The molecule has 4 fully saturated rings. The molecule has 0 bridgehead atoms. The van der Waals surface area contributed by atoms with Gasteiger partial charge in [-0.3, -0.25) is 9.59 Å². The quantitative estimate of drug-likeness (QED) is 0.0962. The Morgan fingerprint density at radius 1 is 1.00 bits per heavy atom. The second-order valence-corrected chi connectivity index (χ2v) is 21.1. The van der Waals surface area contributed by atoms with E-state index in [-0.39, 0.29) is 41.7 Å². The third kappa shape index (κ3) is 9.46. The van der Waals surface area contributed by atoms with Crippen molar-refractivity contribution in [1.29, 1.82) is 0 Å². The van der Waals surface area contributed by atoms with Crippen LogP contribution in [0.15, 0.2) is 60.9 Å². The van der Waals surface area contributed by atoms with Crippen LogP contribution >= 0.6 is 0 Å². The van der Waals surface area contributed by atoms with Crippen LogP contribution in [-0.2, 0) is 16.0 Å². The Labute approximate surface area is 404 Å². The van der Waals surface area contributed by atoms with Crippen LogP contribution in [0, 0.1) is 23.2 Å². The maximum absolute atomic E-state index is 14.2. The van der Waals surface area contributed by atoms with Gasteiger partial charge in [0.2, 0.25) is 17.8 Å². The number of piperidine rings is 1. The van der Waals surface area contributed by atoms with E-state index in [0.29, 0.717) is 79.6 Å². The van der Waals surface area contributed by atoms with Gasteiger partial charge < -0.3 is 56.9 Å². The summed E-state index contributed by atoms with van der Waals surface area (Å²) in [7, 11) is 0. The van der Waals surface area contributed by atoms with Gasteiger partial charge in [0.1, 0.15) is 23.7 Å². The standard InChI is InChI=1S/C53H67N11O5/c1-6-33-13-15-34(16-14-33)32(2)58-48(67)42-11-9-20-63(42)49(68)46(52(3,4)5)60-51(69)62-30-53(31-62)25-37(26-53)61-21-17-35(18-22-61)36-27-56-50(57-28-36)64-23-19-41-45(43(64)29-65)39(47(55)59-41)24-40(54)38-10-7-8-12-44(38)66/h1,7-8,10,12-16,24,27-28,32,35,37,42-43,46,59,65-66H,9,11,17-23,25-26,29-31,54-55H2,2-5H3,(H,58,67)(H,60,69)/b40-24-. The number of nitrogens with two attached hydrogens (primary N) is 2. The molecule has 9 N–H and O–H groups in total. The van der Waals surface area contributed by atoms with Crippen LogP contribution in [0.25, 0.3) is 11.8 Å². The Balaban J connectivity index is 0.746. The Morgan fingerprint density at radius 2 is 1.70 bits per heavy atom. The molecular weight excluding hydrogens is 871 g/mol. The SMILES string of the molecule is C#Cc1ccc(C(C)NC(=O)C2CCCN2C(=O)C(NC(=O)N2CC3(CC(N4CCC(c5cnc(N6CCc7[nH]c(N)c(/C=C(\N)c8ccccc8O)c7C6CO)nc5)CC4)C3)C2)C(C)(C)C)cc1. The summed E-state index contributed by atoms with van der Waals surface area (Å²) in [5.74, 6) is 3.60. The van der Waals surface area contributed by atoms with Crippen LogP contribution in [-0.4, -0.2) is 122 Å². The summed E-state index contributed by atoms with van der Waals surface area (Å²) in [6.07, 6.45) is 17.2. The van der Waals surface area contributed by atoms with E-state index in [4.69, 9.17) is 27.9 Å². The van der Waals surface area contributed by atoms with E-state index in [1.54, 1.807) is 29.2 Å². The molecule has 4 unspecified atom stereocenters. The average molecular weight is 938 g/mol.